The van der Waals surface area contributed by atoms with Crippen molar-refractivity contribution in [2.45, 2.75) is 30.9 Å². The summed E-state index contributed by atoms with van der Waals surface area (Å²) in [5.74, 6) is 0.413. The van der Waals surface area contributed by atoms with Crippen molar-refractivity contribution in [3.05, 3.63) is 63.9 Å². The van der Waals surface area contributed by atoms with Gasteiger partial charge in [-0.2, -0.15) is 0 Å². The predicted octanol–water partition coefficient (Wildman–Crippen LogP) is 3.47. The molecular weight excluding hydrogens is 422 g/mol. The van der Waals surface area contributed by atoms with Gasteiger partial charge in [0.25, 0.3) is 5.91 Å². The SMILES string of the molecule is O=C1NCC2(CC(CN3C(=O)c4ccccc4[C@H]3Cc3ncccc3Br)C2)O1. The molecule has 2 aromatic rings. The van der Waals surface area contributed by atoms with Crippen LogP contribution in [0.2, 0.25) is 0 Å². The molecule has 1 N–H and O–H groups in total. The van der Waals surface area contributed by atoms with Gasteiger partial charge in [-0.3, -0.25) is 9.78 Å². The molecule has 3 heterocycles. The van der Waals surface area contributed by atoms with Gasteiger partial charge in [0.1, 0.15) is 5.60 Å². The Labute approximate surface area is 171 Å². The second kappa shape index (κ2) is 6.58. The van der Waals surface area contributed by atoms with Crippen LogP contribution in [0.1, 0.15) is 40.5 Å². The lowest BCUT2D eigenvalue weighted by atomic mass is 9.70. The van der Waals surface area contributed by atoms with Crippen molar-refractivity contribution in [2.24, 2.45) is 5.92 Å². The van der Waals surface area contributed by atoms with Crippen molar-refractivity contribution in [3.63, 3.8) is 0 Å². The number of amides is 2. The van der Waals surface area contributed by atoms with Gasteiger partial charge in [0.2, 0.25) is 0 Å². The van der Waals surface area contributed by atoms with E-state index in [1.165, 1.54) is 0 Å². The number of rotatable bonds is 4. The molecule has 144 valence electrons. The summed E-state index contributed by atoms with van der Waals surface area (Å²) < 4.78 is 6.39. The van der Waals surface area contributed by atoms with Gasteiger partial charge >= 0.3 is 6.09 Å². The smallest absolute Gasteiger partial charge is 0.407 e. The molecule has 1 aromatic carbocycles. The monoisotopic (exact) mass is 441 g/mol. The highest BCUT2D eigenvalue weighted by atomic mass is 79.9. The van der Waals surface area contributed by atoms with Crippen LogP contribution in [0.4, 0.5) is 4.79 Å². The maximum Gasteiger partial charge on any atom is 0.407 e. The van der Waals surface area contributed by atoms with Crippen LogP contribution in [0.25, 0.3) is 0 Å². The highest BCUT2D eigenvalue weighted by Crippen LogP contribution is 2.45. The Kier molecular flexibility index (Phi) is 4.16. The molecule has 1 saturated heterocycles. The van der Waals surface area contributed by atoms with Gasteiger partial charge in [0.15, 0.2) is 0 Å². The molecule has 6 nitrogen and oxygen atoms in total. The first-order valence-electron chi connectivity index (χ1n) is 9.51. The average Bonchev–Trinajstić information content (AvgIpc) is 3.17. The van der Waals surface area contributed by atoms with E-state index < -0.39 is 0 Å². The van der Waals surface area contributed by atoms with Gasteiger partial charge in [0, 0.05) is 29.2 Å². The lowest BCUT2D eigenvalue weighted by molar-refractivity contribution is -0.0555. The molecule has 0 bridgehead atoms. The summed E-state index contributed by atoms with van der Waals surface area (Å²) in [5, 5.41) is 2.74. The van der Waals surface area contributed by atoms with Crippen molar-refractivity contribution in [2.75, 3.05) is 13.1 Å². The highest BCUT2D eigenvalue weighted by molar-refractivity contribution is 9.10. The second-order valence-electron chi connectivity index (χ2n) is 7.90. The van der Waals surface area contributed by atoms with Crippen LogP contribution in [-0.4, -0.2) is 40.6 Å². The zero-order chi connectivity index (χ0) is 19.3. The van der Waals surface area contributed by atoms with E-state index in [1.54, 1.807) is 6.20 Å². The lowest BCUT2D eigenvalue weighted by Crippen LogP contribution is -2.51. The molecule has 2 aliphatic heterocycles. The van der Waals surface area contributed by atoms with Gasteiger partial charge < -0.3 is 15.0 Å². The summed E-state index contributed by atoms with van der Waals surface area (Å²) in [6, 6.07) is 11.7. The minimum absolute atomic E-state index is 0.0318. The molecule has 1 aliphatic carbocycles. The van der Waals surface area contributed by atoms with E-state index in [0.717, 1.165) is 34.1 Å². The van der Waals surface area contributed by atoms with Crippen molar-refractivity contribution in [1.29, 1.82) is 0 Å². The minimum atomic E-state index is -0.364. The molecule has 28 heavy (non-hydrogen) atoms. The maximum atomic E-state index is 13.1. The third-order valence-electron chi connectivity index (χ3n) is 6.05. The van der Waals surface area contributed by atoms with Crippen molar-refractivity contribution in [1.82, 2.24) is 15.2 Å². The summed E-state index contributed by atoms with van der Waals surface area (Å²) >= 11 is 3.58. The van der Waals surface area contributed by atoms with E-state index in [4.69, 9.17) is 4.74 Å². The number of fused-ring (bicyclic) bond motifs is 1. The van der Waals surface area contributed by atoms with E-state index >= 15 is 0 Å². The zero-order valence-electron chi connectivity index (χ0n) is 15.2. The fraction of sp³-hybridized carbons (Fsp3) is 0.381. The lowest BCUT2D eigenvalue weighted by Gasteiger charge is -2.44. The van der Waals surface area contributed by atoms with Gasteiger partial charge in [-0.1, -0.05) is 18.2 Å². The normalized spacial score (nSPS) is 28.1. The molecule has 3 aliphatic rings. The number of nitrogens with zero attached hydrogens (tertiary/aromatic N) is 2. The van der Waals surface area contributed by atoms with Crippen molar-refractivity contribution in [3.8, 4) is 0 Å². The number of halogens is 1. The van der Waals surface area contributed by atoms with Crippen LogP contribution >= 0.6 is 15.9 Å². The van der Waals surface area contributed by atoms with E-state index in [9.17, 15) is 9.59 Å². The topological polar surface area (TPSA) is 71.5 Å². The summed E-state index contributed by atoms with van der Waals surface area (Å²) in [4.78, 5) is 31.0. The number of carbonyl (C=O) groups is 2. The second-order valence-corrected chi connectivity index (χ2v) is 8.75. The molecule has 1 atom stereocenters. The first kappa shape index (κ1) is 17.7. The van der Waals surface area contributed by atoms with Gasteiger partial charge in [-0.25, -0.2) is 4.79 Å². The molecule has 1 spiro atoms. The number of ether oxygens (including phenoxy) is 1. The molecule has 1 aromatic heterocycles. The standard InChI is InChI=1S/C21H20BrN3O3/c22-16-6-3-7-23-17(16)8-18-14-4-1-2-5-15(14)19(26)25(18)11-13-9-21(10-13)12-24-20(27)28-21/h1-7,13,18H,8-12H2,(H,24,27)/t13?,18-,21?/m1/s1. The fourth-order valence-electron chi connectivity index (χ4n) is 4.76. The summed E-state index contributed by atoms with van der Waals surface area (Å²) in [5.41, 5.74) is 2.42. The molecule has 0 radical (unpaired) electrons. The Morgan fingerprint density at radius 3 is 2.79 bits per heavy atom. The molecule has 7 heteroatoms. The van der Waals surface area contributed by atoms with Crippen LogP contribution in [0.15, 0.2) is 47.1 Å². The molecule has 2 fully saturated rings. The highest BCUT2D eigenvalue weighted by Gasteiger charge is 2.52. The summed E-state index contributed by atoms with van der Waals surface area (Å²) in [7, 11) is 0. The number of alkyl carbamates (subject to hydrolysis) is 1. The van der Waals surface area contributed by atoms with Crippen LogP contribution < -0.4 is 5.32 Å². The molecular formula is C21H20BrN3O3. The minimum Gasteiger partial charge on any atom is -0.441 e. The Bertz CT molecular complexity index is 957. The zero-order valence-corrected chi connectivity index (χ0v) is 16.8. The first-order chi connectivity index (χ1) is 13.5. The van der Waals surface area contributed by atoms with Crippen LogP contribution in [0.3, 0.4) is 0 Å². The number of pyridine rings is 1. The van der Waals surface area contributed by atoms with Crippen LogP contribution in [0.5, 0.6) is 0 Å². The van der Waals surface area contributed by atoms with Crippen LogP contribution in [-0.2, 0) is 11.2 Å². The molecule has 5 rings (SSSR count). The van der Waals surface area contributed by atoms with Crippen LogP contribution in [0, 0.1) is 5.92 Å². The number of nitrogens with one attached hydrogen (secondary N) is 1. The first-order valence-corrected chi connectivity index (χ1v) is 10.3. The number of aromatic nitrogens is 1. The fourth-order valence-corrected chi connectivity index (χ4v) is 5.17. The number of carbonyl (C=O) groups excluding carboxylic acids is 2. The third kappa shape index (κ3) is 2.89. The largest absolute Gasteiger partial charge is 0.441 e. The molecule has 2 amide bonds. The van der Waals surface area contributed by atoms with Gasteiger partial charge in [-0.15, -0.1) is 0 Å². The van der Waals surface area contributed by atoms with Gasteiger partial charge in [-0.05, 0) is 58.5 Å². The van der Waals surface area contributed by atoms with E-state index in [0.29, 0.717) is 25.4 Å². The van der Waals surface area contributed by atoms with Gasteiger partial charge in [0.05, 0.1) is 18.3 Å². The number of benzene rings is 1. The average molecular weight is 442 g/mol. The molecule has 0 unspecified atom stereocenters. The Morgan fingerprint density at radius 1 is 1.21 bits per heavy atom. The molecule has 1 saturated carbocycles. The Balaban J connectivity index is 1.37. The summed E-state index contributed by atoms with van der Waals surface area (Å²) in [6.45, 7) is 1.24. The quantitative estimate of drug-likeness (QED) is 0.788. The predicted molar refractivity (Wildman–Crippen MR) is 106 cm³/mol. The number of hydrogen-bond acceptors (Lipinski definition) is 4. The van der Waals surface area contributed by atoms with E-state index in [1.807, 2.05) is 41.3 Å². The Hall–Kier alpha value is -2.41. The van der Waals surface area contributed by atoms with E-state index in [2.05, 4.69) is 26.2 Å². The van der Waals surface area contributed by atoms with Crippen molar-refractivity contribution >= 4 is 27.9 Å². The van der Waals surface area contributed by atoms with Crippen molar-refractivity contribution < 1.29 is 14.3 Å². The maximum absolute atomic E-state index is 13.1. The number of hydrogen-bond donors (Lipinski definition) is 1. The Morgan fingerprint density at radius 2 is 2.04 bits per heavy atom. The van der Waals surface area contributed by atoms with E-state index in [-0.39, 0.29) is 23.6 Å². The third-order valence-corrected chi connectivity index (χ3v) is 6.77. The summed E-state index contributed by atoms with van der Waals surface area (Å²) in [6.07, 6.45) is 3.71.